The van der Waals surface area contributed by atoms with Gasteiger partial charge in [0.2, 0.25) is 5.91 Å². The van der Waals surface area contributed by atoms with Gasteiger partial charge in [-0.3, -0.25) is 9.59 Å². The minimum atomic E-state index is -0.921. The molecule has 0 radical (unpaired) electrons. The minimum absolute atomic E-state index is 0.0818. The summed E-state index contributed by atoms with van der Waals surface area (Å²) >= 11 is 0. The Morgan fingerprint density at radius 3 is 2.70 bits per heavy atom. The summed E-state index contributed by atoms with van der Waals surface area (Å²) in [5.74, 6) is -1.07. The zero-order valence-corrected chi connectivity index (χ0v) is 11.6. The molecular weight excluding hydrogens is 256 g/mol. The van der Waals surface area contributed by atoms with Crippen LogP contribution in [0.4, 0.5) is 5.69 Å². The van der Waals surface area contributed by atoms with Crippen molar-refractivity contribution in [2.45, 2.75) is 13.3 Å². The maximum Gasteiger partial charge on any atom is 0.305 e. The molecule has 0 aliphatic carbocycles. The molecule has 20 heavy (non-hydrogen) atoms. The number of benzene rings is 1. The fraction of sp³-hybridized carbons (Fsp3) is 0.333. The van der Waals surface area contributed by atoms with Crippen molar-refractivity contribution in [3.63, 3.8) is 0 Å². The Hall–Kier alpha value is -2.14. The van der Waals surface area contributed by atoms with E-state index in [2.05, 4.69) is 11.9 Å². The number of carboxylic acid groups (broad SMARTS) is 1. The van der Waals surface area contributed by atoms with Gasteiger partial charge in [-0.1, -0.05) is 24.3 Å². The lowest BCUT2D eigenvalue weighted by atomic mass is 10.1. The predicted octanol–water partition coefficient (Wildman–Crippen LogP) is 1.58. The Kier molecular flexibility index (Phi) is 6.46. The fourth-order valence-electron chi connectivity index (χ4n) is 1.83. The van der Waals surface area contributed by atoms with Crippen LogP contribution in [0.1, 0.15) is 12.0 Å². The Balaban J connectivity index is 2.84. The smallest absolute Gasteiger partial charge is 0.305 e. The van der Waals surface area contributed by atoms with E-state index in [0.717, 1.165) is 11.3 Å². The first-order valence-electron chi connectivity index (χ1n) is 6.45. The van der Waals surface area contributed by atoms with Crippen LogP contribution in [-0.4, -0.2) is 36.6 Å². The summed E-state index contributed by atoms with van der Waals surface area (Å²) in [5, 5.41) is 11.7. The van der Waals surface area contributed by atoms with Gasteiger partial charge < -0.3 is 15.3 Å². The molecule has 108 valence electrons. The second-order valence-electron chi connectivity index (χ2n) is 4.40. The first-order chi connectivity index (χ1) is 9.56. The third-order valence-corrected chi connectivity index (χ3v) is 2.82. The zero-order valence-electron chi connectivity index (χ0n) is 11.6. The van der Waals surface area contributed by atoms with Gasteiger partial charge in [0.1, 0.15) is 0 Å². The fourth-order valence-corrected chi connectivity index (χ4v) is 1.83. The van der Waals surface area contributed by atoms with Gasteiger partial charge >= 0.3 is 5.97 Å². The molecule has 1 aromatic carbocycles. The predicted molar refractivity (Wildman–Crippen MR) is 78.9 cm³/mol. The summed E-state index contributed by atoms with van der Waals surface area (Å²) in [6, 6.07) is 7.44. The number of carbonyl (C=O) groups is 2. The average Bonchev–Trinajstić information content (AvgIpc) is 2.41. The van der Waals surface area contributed by atoms with Crippen LogP contribution in [0, 0.1) is 6.92 Å². The van der Waals surface area contributed by atoms with Crippen LogP contribution >= 0.6 is 0 Å². The SMILES string of the molecule is C=CCNCC(=O)N(CCC(=O)O)c1ccccc1C. The first-order valence-corrected chi connectivity index (χ1v) is 6.45. The summed E-state index contributed by atoms with van der Waals surface area (Å²) in [7, 11) is 0. The molecule has 0 aliphatic rings. The summed E-state index contributed by atoms with van der Waals surface area (Å²) in [6.45, 7) is 6.31. The van der Waals surface area contributed by atoms with Crippen molar-refractivity contribution in [3.8, 4) is 0 Å². The van der Waals surface area contributed by atoms with Crippen LogP contribution in [0.15, 0.2) is 36.9 Å². The highest BCUT2D eigenvalue weighted by Gasteiger charge is 2.17. The summed E-state index contributed by atoms with van der Waals surface area (Å²) in [4.78, 5) is 24.5. The van der Waals surface area contributed by atoms with E-state index in [1.807, 2.05) is 31.2 Å². The molecule has 0 fully saturated rings. The molecule has 0 atom stereocenters. The lowest BCUT2D eigenvalue weighted by Gasteiger charge is -2.24. The van der Waals surface area contributed by atoms with Gasteiger partial charge in [0, 0.05) is 18.8 Å². The molecule has 5 nitrogen and oxygen atoms in total. The monoisotopic (exact) mass is 276 g/mol. The van der Waals surface area contributed by atoms with Crippen molar-refractivity contribution >= 4 is 17.6 Å². The number of hydrogen-bond donors (Lipinski definition) is 2. The highest BCUT2D eigenvalue weighted by molar-refractivity contribution is 5.95. The quantitative estimate of drug-likeness (QED) is 0.558. The number of para-hydroxylation sites is 1. The lowest BCUT2D eigenvalue weighted by Crippen LogP contribution is -2.40. The normalized spacial score (nSPS) is 10.1. The molecule has 1 amide bonds. The van der Waals surface area contributed by atoms with Crippen LogP contribution in [0.5, 0.6) is 0 Å². The molecule has 1 aromatic rings. The van der Waals surface area contributed by atoms with E-state index in [9.17, 15) is 9.59 Å². The number of anilines is 1. The Labute approximate surface area is 118 Å². The molecule has 0 unspecified atom stereocenters. The van der Waals surface area contributed by atoms with Crippen LogP contribution in [-0.2, 0) is 9.59 Å². The van der Waals surface area contributed by atoms with Crippen LogP contribution < -0.4 is 10.2 Å². The molecule has 0 aliphatic heterocycles. The largest absolute Gasteiger partial charge is 0.481 e. The average molecular weight is 276 g/mol. The van der Waals surface area contributed by atoms with E-state index in [-0.39, 0.29) is 25.4 Å². The molecule has 0 saturated carbocycles. The number of nitrogens with one attached hydrogen (secondary N) is 1. The number of aliphatic carboxylic acids is 1. The van der Waals surface area contributed by atoms with Crippen LogP contribution in [0.2, 0.25) is 0 Å². The summed E-state index contributed by atoms with van der Waals surface area (Å²) in [5.41, 5.74) is 1.69. The Bertz CT molecular complexity index is 486. The highest BCUT2D eigenvalue weighted by Crippen LogP contribution is 2.19. The van der Waals surface area contributed by atoms with Gasteiger partial charge in [-0.2, -0.15) is 0 Å². The Morgan fingerprint density at radius 2 is 2.10 bits per heavy atom. The number of nitrogens with zero attached hydrogens (tertiary/aromatic N) is 1. The van der Waals surface area contributed by atoms with Gasteiger partial charge in [-0.05, 0) is 18.6 Å². The maximum atomic E-state index is 12.2. The van der Waals surface area contributed by atoms with Gasteiger partial charge in [-0.25, -0.2) is 0 Å². The van der Waals surface area contributed by atoms with E-state index in [1.54, 1.807) is 6.08 Å². The molecule has 0 spiro atoms. The molecule has 5 heteroatoms. The second-order valence-corrected chi connectivity index (χ2v) is 4.40. The number of carbonyl (C=O) groups excluding carboxylic acids is 1. The summed E-state index contributed by atoms with van der Waals surface area (Å²) < 4.78 is 0. The van der Waals surface area contributed by atoms with Crippen molar-refractivity contribution in [2.75, 3.05) is 24.5 Å². The van der Waals surface area contributed by atoms with Crippen molar-refractivity contribution in [2.24, 2.45) is 0 Å². The number of carboxylic acids is 1. The summed E-state index contributed by atoms with van der Waals surface area (Å²) in [6.07, 6.45) is 1.59. The van der Waals surface area contributed by atoms with Gasteiger partial charge in [0.25, 0.3) is 0 Å². The van der Waals surface area contributed by atoms with Crippen LogP contribution in [0.3, 0.4) is 0 Å². The highest BCUT2D eigenvalue weighted by atomic mass is 16.4. The minimum Gasteiger partial charge on any atom is -0.481 e. The first kappa shape index (κ1) is 15.9. The maximum absolute atomic E-state index is 12.2. The van der Waals surface area contributed by atoms with E-state index in [4.69, 9.17) is 5.11 Å². The van der Waals surface area contributed by atoms with E-state index < -0.39 is 5.97 Å². The van der Waals surface area contributed by atoms with Gasteiger partial charge in [-0.15, -0.1) is 6.58 Å². The molecule has 0 aromatic heterocycles. The number of rotatable bonds is 8. The molecule has 0 heterocycles. The molecular formula is C15H20N2O3. The molecule has 1 rings (SSSR count). The number of hydrogen-bond acceptors (Lipinski definition) is 3. The third kappa shape index (κ3) is 4.85. The molecule has 2 N–H and O–H groups in total. The van der Waals surface area contributed by atoms with Gasteiger partial charge in [0.05, 0.1) is 13.0 Å². The third-order valence-electron chi connectivity index (χ3n) is 2.82. The van der Waals surface area contributed by atoms with Gasteiger partial charge in [0.15, 0.2) is 0 Å². The van der Waals surface area contributed by atoms with Crippen molar-refractivity contribution in [3.05, 3.63) is 42.5 Å². The van der Waals surface area contributed by atoms with E-state index >= 15 is 0 Å². The molecule has 0 saturated heterocycles. The number of amides is 1. The van der Waals surface area contributed by atoms with Crippen molar-refractivity contribution < 1.29 is 14.7 Å². The van der Waals surface area contributed by atoms with Crippen molar-refractivity contribution in [1.29, 1.82) is 0 Å². The van der Waals surface area contributed by atoms with Crippen LogP contribution in [0.25, 0.3) is 0 Å². The second kappa shape index (κ2) is 8.12. The standard InChI is InChI=1S/C15H20N2O3/c1-3-9-16-11-14(18)17(10-8-15(19)20)13-7-5-4-6-12(13)2/h3-7,16H,1,8-11H2,2H3,(H,19,20). The number of aryl methyl sites for hydroxylation is 1. The lowest BCUT2D eigenvalue weighted by molar-refractivity contribution is -0.136. The Morgan fingerprint density at radius 1 is 1.40 bits per heavy atom. The van der Waals surface area contributed by atoms with E-state index in [1.165, 1.54) is 4.90 Å². The zero-order chi connectivity index (χ0) is 15.0. The topological polar surface area (TPSA) is 69.6 Å². The van der Waals surface area contributed by atoms with Crippen molar-refractivity contribution in [1.82, 2.24) is 5.32 Å². The van der Waals surface area contributed by atoms with E-state index in [0.29, 0.717) is 6.54 Å². The molecule has 0 bridgehead atoms.